The van der Waals surface area contributed by atoms with E-state index >= 15 is 0 Å². The Balaban J connectivity index is 1.47. The van der Waals surface area contributed by atoms with Crippen molar-refractivity contribution in [2.75, 3.05) is 36.5 Å². The molecule has 1 aliphatic heterocycles. The van der Waals surface area contributed by atoms with Gasteiger partial charge in [0.05, 0.1) is 18.6 Å². The highest BCUT2D eigenvalue weighted by Crippen LogP contribution is 2.34. The highest BCUT2D eigenvalue weighted by Gasteiger charge is 2.21. The molecule has 0 amide bonds. The molecule has 1 N–H and O–H groups in total. The summed E-state index contributed by atoms with van der Waals surface area (Å²) in [5.74, 6) is 0.628. The molecule has 1 aliphatic carbocycles. The minimum atomic E-state index is 0.0873. The lowest BCUT2D eigenvalue weighted by Gasteiger charge is -2.29. The van der Waals surface area contributed by atoms with E-state index in [1.54, 1.807) is 15.9 Å². The van der Waals surface area contributed by atoms with Crippen LogP contribution in [-0.4, -0.2) is 35.9 Å². The number of morpholine rings is 1. The summed E-state index contributed by atoms with van der Waals surface area (Å²) < 4.78 is 7.20. The van der Waals surface area contributed by atoms with Crippen molar-refractivity contribution in [1.29, 1.82) is 0 Å². The predicted octanol–water partition coefficient (Wildman–Crippen LogP) is 3.94. The molecule has 1 fully saturated rings. The Labute approximate surface area is 174 Å². The molecule has 5 rings (SSSR count). The summed E-state index contributed by atoms with van der Waals surface area (Å²) in [5.41, 5.74) is 3.47. The molecule has 2 aliphatic rings. The maximum atomic E-state index is 13.2. The number of thiophene rings is 1. The highest BCUT2D eigenvalue weighted by molar-refractivity contribution is 7.18. The molecule has 2 aromatic heterocycles. The first-order chi connectivity index (χ1) is 14.2. The predicted molar refractivity (Wildman–Crippen MR) is 119 cm³/mol. The van der Waals surface area contributed by atoms with Gasteiger partial charge in [-0.25, -0.2) is 4.98 Å². The van der Waals surface area contributed by atoms with Crippen LogP contribution in [0.15, 0.2) is 29.1 Å². The number of ether oxygens (including phenoxy) is 1. The summed E-state index contributed by atoms with van der Waals surface area (Å²) in [6.07, 6.45) is 4.46. The van der Waals surface area contributed by atoms with Crippen LogP contribution in [0.25, 0.3) is 10.2 Å². The quantitative estimate of drug-likeness (QED) is 0.706. The van der Waals surface area contributed by atoms with Gasteiger partial charge in [0, 0.05) is 35.9 Å². The third-order valence-corrected chi connectivity index (χ3v) is 7.08. The van der Waals surface area contributed by atoms with Gasteiger partial charge in [0.2, 0.25) is 5.95 Å². The molecule has 3 heterocycles. The van der Waals surface area contributed by atoms with Gasteiger partial charge in [-0.1, -0.05) is 0 Å². The number of anilines is 3. The number of hydrogen-bond donors (Lipinski definition) is 1. The van der Waals surface area contributed by atoms with Crippen LogP contribution >= 0.6 is 11.3 Å². The van der Waals surface area contributed by atoms with Crippen molar-refractivity contribution in [2.45, 2.75) is 39.2 Å². The van der Waals surface area contributed by atoms with Crippen LogP contribution in [-0.2, 0) is 24.1 Å². The fraction of sp³-hybridized carbons (Fsp3) is 0.455. The lowest BCUT2D eigenvalue weighted by Crippen LogP contribution is -2.36. The van der Waals surface area contributed by atoms with E-state index in [4.69, 9.17) is 9.72 Å². The van der Waals surface area contributed by atoms with Gasteiger partial charge in [0.25, 0.3) is 5.56 Å². The number of aromatic nitrogens is 2. The van der Waals surface area contributed by atoms with Crippen LogP contribution in [0.3, 0.4) is 0 Å². The third kappa shape index (κ3) is 3.42. The summed E-state index contributed by atoms with van der Waals surface area (Å²) in [6, 6.07) is 8.34. The Kier molecular flexibility index (Phi) is 5.01. The van der Waals surface area contributed by atoms with Crippen molar-refractivity contribution >= 4 is 38.9 Å². The van der Waals surface area contributed by atoms with Gasteiger partial charge in [0.1, 0.15) is 4.83 Å². The van der Waals surface area contributed by atoms with E-state index in [9.17, 15) is 4.79 Å². The molecule has 152 valence electrons. The Bertz CT molecular complexity index is 1080. The molecule has 0 radical (unpaired) electrons. The van der Waals surface area contributed by atoms with Crippen LogP contribution in [0.4, 0.5) is 17.3 Å². The van der Waals surface area contributed by atoms with Crippen LogP contribution < -0.4 is 15.8 Å². The van der Waals surface area contributed by atoms with E-state index in [-0.39, 0.29) is 5.56 Å². The molecule has 7 heteroatoms. The molecule has 3 aromatic rings. The zero-order valence-corrected chi connectivity index (χ0v) is 17.6. The van der Waals surface area contributed by atoms with Crippen LogP contribution in [0.5, 0.6) is 0 Å². The van der Waals surface area contributed by atoms with E-state index in [1.807, 2.05) is 6.92 Å². The van der Waals surface area contributed by atoms with Crippen LogP contribution in [0.1, 0.15) is 30.2 Å². The number of nitrogens with zero attached hydrogens (tertiary/aromatic N) is 3. The number of fused-ring (bicyclic) bond motifs is 3. The molecule has 0 unspecified atom stereocenters. The standard InChI is InChI=1S/C22H26N4O2S/c1-2-26-21(27)19-17-5-3-4-6-18(17)29-20(19)24-22(26)23-15-7-9-16(10-8-15)25-11-13-28-14-12-25/h7-10H,2-6,11-14H2,1H3,(H,23,24). The Hall–Kier alpha value is -2.38. The summed E-state index contributed by atoms with van der Waals surface area (Å²) >= 11 is 1.70. The zero-order valence-electron chi connectivity index (χ0n) is 16.7. The normalized spacial score (nSPS) is 16.8. The fourth-order valence-electron chi connectivity index (χ4n) is 4.33. The van der Waals surface area contributed by atoms with E-state index in [2.05, 4.69) is 34.5 Å². The molecular weight excluding hydrogens is 384 g/mol. The summed E-state index contributed by atoms with van der Waals surface area (Å²) in [5, 5.41) is 4.23. The smallest absolute Gasteiger partial charge is 0.263 e. The van der Waals surface area contributed by atoms with Gasteiger partial charge in [-0.2, -0.15) is 0 Å². The summed E-state index contributed by atoms with van der Waals surface area (Å²) in [4.78, 5) is 22.7. The van der Waals surface area contributed by atoms with Gasteiger partial charge in [0.15, 0.2) is 0 Å². The molecule has 1 aromatic carbocycles. The van der Waals surface area contributed by atoms with Crippen LogP contribution in [0.2, 0.25) is 0 Å². The minimum absolute atomic E-state index is 0.0873. The molecule has 6 nitrogen and oxygen atoms in total. The van der Waals surface area contributed by atoms with Crippen molar-refractivity contribution < 1.29 is 4.74 Å². The van der Waals surface area contributed by atoms with Gasteiger partial charge >= 0.3 is 0 Å². The van der Waals surface area contributed by atoms with E-state index < -0.39 is 0 Å². The maximum absolute atomic E-state index is 13.2. The first-order valence-electron chi connectivity index (χ1n) is 10.5. The SMILES string of the molecule is CCn1c(Nc2ccc(N3CCOCC3)cc2)nc2sc3c(c2c1=O)CCCC3. The zero-order chi connectivity index (χ0) is 19.8. The van der Waals surface area contributed by atoms with Crippen molar-refractivity contribution in [2.24, 2.45) is 0 Å². The lowest BCUT2D eigenvalue weighted by molar-refractivity contribution is 0.122. The molecular formula is C22H26N4O2S. The fourth-order valence-corrected chi connectivity index (χ4v) is 5.59. The van der Waals surface area contributed by atoms with Gasteiger partial charge in [-0.05, 0) is 62.4 Å². The topological polar surface area (TPSA) is 59.4 Å². The molecule has 0 saturated carbocycles. The van der Waals surface area contributed by atoms with Gasteiger partial charge < -0.3 is 15.0 Å². The average Bonchev–Trinajstić information content (AvgIpc) is 3.14. The van der Waals surface area contributed by atoms with E-state index in [0.29, 0.717) is 12.5 Å². The van der Waals surface area contributed by atoms with Crippen molar-refractivity contribution in [3.05, 3.63) is 45.1 Å². The maximum Gasteiger partial charge on any atom is 0.263 e. The Morgan fingerprint density at radius 2 is 1.90 bits per heavy atom. The largest absolute Gasteiger partial charge is 0.378 e. The average molecular weight is 411 g/mol. The molecule has 0 spiro atoms. The number of nitrogens with one attached hydrogen (secondary N) is 1. The number of rotatable bonds is 4. The third-order valence-electron chi connectivity index (χ3n) is 5.89. The van der Waals surface area contributed by atoms with Crippen LogP contribution in [0, 0.1) is 0 Å². The summed E-state index contributed by atoms with van der Waals surface area (Å²) in [6.45, 7) is 5.99. The van der Waals surface area contributed by atoms with E-state index in [1.165, 1.54) is 29.0 Å². The first-order valence-corrected chi connectivity index (χ1v) is 11.3. The van der Waals surface area contributed by atoms with Gasteiger partial charge in [-0.15, -0.1) is 11.3 Å². The minimum Gasteiger partial charge on any atom is -0.378 e. The van der Waals surface area contributed by atoms with Crippen molar-refractivity contribution in [1.82, 2.24) is 9.55 Å². The second kappa shape index (κ2) is 7.80. The second-order valence-corrected chi connectivity index (χ2v) is 8.73. The van der Waals surface area contributed by atoms with Crippen molar-refractivity contribution in [3.8, 4) is 0 Å². The molecule has 0 bridgehead atoms. The number of hydrogen-bond acceptors (Lipinski definition) is 6. The second-order valence-electron chi connectivity index (χ2n) is 7.65. The van der Waals surface area contributed by atoms with Gasteiger partial charge in [-0.3, -0.25) is 9.36 Å². The van der Waals surface area contributed by atoms with Crippen molar-refractivity contribution in [3.63, 3.8) is 0 Å². The molecule has 1 saturated heterocycles. The number of benzene rings is 1. The molecule has 29 heavy (non-hydrogen) atoms. The monoisotopic (exact) mass is 410 g/mol. The Morgan fingerprint density at radius 1 is 1.14 bits per heavy atom. The lowest BCUT2D eigenvalue weighted by atomic mass is 9.97. The Morgan fingerprint density at radius 3 is 2.66 bits per heavy atom. The number of aryl methyl sites for hydroxylation is 2. The molecule has 0 atom stereocenters. The van der Waals surface area contributed by atoms with E-state index in [0.717, 1.165) is 55.0 Å². The summed E-state index contributed by atoms with van der Waals surface area (Å²) in [7, 11) is 0. The first kappa shape index (κ1) is 18.6. The highest BCUT2D eigenvalue weighted by atomic mass is 32.1.